The van der Waals surface area contributed by atoms with E-state index in [0.29, 0.717) is 4.91 Å². The highest BCUT2D eigenvalue weighted by Crippen LogP contribution is 2.33. The van der Waals surface area contributed by atoms with Gasteiger partial charge in [-0.3, -0.25) is 14.5 Å². The number of terminal acetylenes is 1. The number of amides is 2. The van der Waals surface area contributed by atoms with Gasteiger partial charge in [-0.2, -0.15) is 0 Å². The van der Waals surface area contributed by atoms with Crippen molar-refractivity contribution < 1.29 is 14.3 Å². The van der Waals surface area contributed by atoms with Gasteiger partial charge < -0.3 is 4.74 Å². The summed E-state index contributed by atoms with van der Waals surface area (Å²) in [6.07, 6.45) is 6.91. The Morgan fingerprint density at radius 3 is 2.77 bits per heavy atom. The molecule has 0 unspecified atom stereocenters. The van der Waals surface area contributed by atoms with Crippen LogP contribution in [0.3, 0.4) is 0 Å². The summed E-state index contributed by atoms with van der Waals surface area (Å²) in [5, 5.41) is -0.340. The molecule has 0 radical (unpaired) electrons. The van der Waals surface area contributed by atoms with Crippen molar-refractivity contribution in [3.8, 4) is 18.1 Å². The molecule has 0 aromatic heterocycles. The second-order valence-corrected chi connectivity index (χ2v) is 6.68. The number of halogens is 1. The zero-order valence-corrected chi connectivity index (χ0v) is 14.5. The lowest BCUT2D eigenvalue weighted by Gasteiger charge is -2.11. The fourth-order valence-corrected chi connectivity index (χ4v) is 3.16. The van der Waals surface area contributed by atoms with E-state index in [-0.39, 0.29) is 23.8 Å². The number of benzene rings is 1. The second kappa shape index (κ2) is 7.03. The standard InChI is InChI=1S/C16H14BrNO3S/c1-4-7-18-15(19)14(22-16(18)20)9-11-5-6-13(12(17)8-11)21-10(2)3/h1,5-6,8-10H,7H2,2-3H3/b14-9+. The highest BCUT2D eigenvalue weighted by Gasteiger charge is 2.34. The average molecular weight is 380 g/mol. The molecule has 1 saturated heterocycles. The molecular weight excluding hydrogens is 366 g/mol. The monoisotopic (exact) mass is 379 g/mol. The van der Waals surface area contributed by atoms with Gasteiger partial charge in [0.05, 0.1) is 22.0 Å². The molecule has 1 fully saturated rings. The third kappa shape index (κ3) is 3.73. The molecule has 22 heavy (non-hydrogen) atoms. The minimum atomic E-state index is -0.355. The van der Waals surface area contributed by atoms with E-state index in [1.807, 2.05) is 32.0 Å². The number of imide groups is 1. The summed E-state index contributed by atoms with van der Waals surface area (Å²) in [6.45, 7) is 3.89. The first-order valence-electron chi connectivity index (χ1n) is 6.57. The van der Waals surface area contributed by atoms with Gasteiger partial charge in [0.25, 0.3) is 11.1 Å². The molecule has 1 aromatic rings. The lowest BCUT2D eigenvalue weighted by atomic mass is 10.2. The molecule has 2 amide bonds. The van der Waals surface area contributed by atoms with Crippen LogP contribution in [-0.2, 0) is 4.79 Å². The Kier molecular flexibility index (Phi) is 5.33. The molecule has 0 aliphatic carbocycles. The first-order valence-corrected chi connectivity index (χ1v) is 8.18. The van der Waals surface area contributed by atoms with Gasteiger partial charge in [-0.1, -0.05) is 12.0 Å². The lowest BCUT2D eigenvalue weighted by molar-refractivity contribution is -0.122. The third-order valence-electron chi connectivity index (χ3n) is 2.74. The normalized spacial score (nSPS) is 16.5. The molecule has 114 valence electrons. The SMILES string of the molecule is C#CCN1C(=O)S/C(=C/c2ccc(OC(C)C)c(Br)c2)C1=O. The van der Waals surface area contributed by atoms with E-state index in [4.69, 9.17) is 11.2 Å². The van der Waals surface area contributed by atoms with Crippen LogP contribution in [0.5, 0.6) is 5.75 Å². The van der Waals surface area contributed by atoms with Crippen LogP contribution in [0, 0.1) is 12.3 Å². The molecule has 1 aliphatic heterocycles. The molecule has 6 heteroatoms. The van der Waals surface area contributed by atoms with Gasteiger partial charge in [0.2, 0.25) is 0 Å². The summed E-state index contributed by atoms with van der Waals surface area (Å²) in [7, 11) is 0. The summed E-state index contributed by atoms with van der Waals surface area (Å²) in [5.74, 6) is 2.68. The van der Waals surface area contributed by atoms with E-state index in [1.54, 1.807) is 6.08 Å². The summed E-state index contributed by atoms with van der Waals surface area (Å²) >= 11 is 4.33. The molecule has 0 saturated carbocycles. The maximum Gasteiger partial charge on any atom is 0.294 e. The van der Waals surface area contributed by atoms with E-state index in [2.05, 4.69) is 21.9 Å². The number of ether oxygens (including phenoxy) is 1. The number of carbonyl (C=O) groups is 2. The van der Waals surface area contributed by atoms with Crippen LogP contribution >= 0.6 is 27.7 Å². The Morgan fingerprint density at radius 2 is 2.18 bits per heavy atom. The van der Waals surface area contributed by atoms with E-state index in [0.717, 1.165) is 32.4 Å². The van der Waals surface area contributed by atoms with Crippen molar-refractivity contribution in [2.24, 2.45) is 0 Å². The molecule has 0 bridgehead atoms. The Bertz CT molecular complexity index is 691. The van der Waals surface area contributed by atoms with Gasteiger partial charge in [-0.15, -0.1) is 6.42 Å². The largest absolute Gasteiger partial charge is 0.490 e. The Labute approximate surface area is 142 Å². The number of hydrogen-bond acceptors (Lipinski definition) is 4. The highest BCUT2D eigenvalue weighted by molar-refractivity contribution is 9.10. The van der Waals surface area contributed by atoms with Gasteiger partial charge in [0, 0.05) is 0 Å². The molecule has 1 heterocycles. The van der Waals surface area contributed by atoms with Crippen molar-refractivity contribution in [1.29, 1.82) is 0 Å². The molecule has 2 rings (SSSR count). The minimum absolute atomic E-state index is 0.00708. The first-order chi connectivity index (χ1) is 10.4. The first kappa shape index (κ1) is 16.7. The predicted molar refractivity (Wildman–Crippen MR) is 91.4 cm³/mol. The van der Waals surface area contributed by atoms with E-state index < -0.39 is 0 Å². The number of nitrogens with zero attached hydrogens (tertiary/aromatic N) is 1. The zero-order valence-electron chi connectivity index (χ0n) is 12.1. The molecule has 1 aromatic carbocycles. The maximum absolute atomic E-state index is 12.1. The van der Waals surface area contributed by atoms with Crippen molar-refractivity contribution in [3.05, 3.63) is 33.1 Å². The Balaban J connectivity index is 2.23. The maximum atomic E-state index is 12.1. The minimum Gasteiger partial charge on any atom is -0.490 e. The topological polar surface area (TPSA) is 46.6 Å². The smallest absolute Gasteiger partial charge is 0.294 e. The van der Waals surface area contributed by atoms with Crippen LogP contribution in [0.15, 0.2) is 27.6 Å². The molecule has 1 aliphatic rings. The average Bonchev–Trinajstić information content (AvgIpc) is 2.70. The zero-order chi connectivity index (χ0) is 16.3. The number of carbonyl (C=O) groups excluding carboxylic acids is 2. The van der Waals surface area contributed by atoms with E-state index >= 15 is 0 Å². The van der Waals surface area contributed by atoms with Crippen molar-refractivity contribution in [3.63, 3.8) is 0 Å². The van der Waals surface area contributed by atoms with Crippen molar-refractivity contribution in [2.75, 3.05) is 6.54 Å². The van der Waals surface area contributed by atoms with Crippen LogP contribution in [0.1, 0.15) is 19.4 Å². The molecule has 4 nitrogen and oxygen atoms in total. The fourth-order valence-electron chi connectivity index (χ4n) is 1.84. The van der Waals surface area contributed by atoms with Crippen LogP contribution in [0.4, 0.5) is 4.79 Å². The summed E-state index contributed by atoms with van der Waals surface area (Å²) in [4.78, 5) is 25.2. The van der Waals surface area contributed by atoms with E-state index in [9.17, 15) is 9.59 Å². The number of rotatable bonds is 4. The summed E-state index contributed by atoms with van der Waals surface area (Å²) in [5.41, 5.74) is 0.800. The predicted octanol–water partition coefficient (Wildman–Crippen LogP) is 3.91. The van der Waals surface area contributed by atoms with Crippen molar-refractivity contribution >= 4 is 44.9 Å². The van der Waals surface area contributed by atoms with Gasteiger partial charge in [-0.05, 0) is 65.3 Å². The van der Waals surface area contributed by atoms with Gasteiger partial charge in [0.1, 0.15) is 5.75 Å². The highest BCUT2D eigenvalue weighted by atomic mass is 79.9. The van der Waals surface area contributed by atoms with E-state index in [1.165, 1.54) is 0 Å². The van der Waals surface area contributed by atoms with Crippen molar-refractivity contribution in [2.45, 2.75) is 20.0 Å². The third-order valence-corrected chi connectivity index (χ3v) is 4.27. The molecule has 0 N–H and O–H groups in total. The number of thioether (sulfide) groups is 1. The molecule has 0 atom stereocenters. The lowest BCUT2D eigenvalue weighted by Crippen LogP contribution is -2.28. The van der Waals surface area contributed by atoms with Crippen LogP contribution < -0.4 is 4.74 Å². The van der Waals surface area contributed by atoms with Crippen molar-refractivity contribution in [1.82, 2.24) is 4.90 Å². The molecular formula is C16H14BrNO3S. The summed E-state index contributed by atoms with van der Waals surface area (Å²) in [6, 6.07) is 5.49. The van der Waals surface area contributed by atoms with Crippen LogP contribution in [0.25, 0.3) is 6.08 Å². The molecule has 0 spiro atoms. The van der Waals surface area contributed by atoms with Gasteiger partial charge in [-0.25, -0.2) is 0 Å². The van der Waals surface area contributed by atoms with Crippen LogP contribution in [-0.4, -0.2) is 28.7 Å². The summed E-state index contributed by atoms with van der Waals surface area (Å²) < 4.78 is 6.42. The quantitative estimate of drug-likeness (QED) is 0.587. The fraction of sp³-hybridized carbons (Fsp3) is 0.250. The number of hydrogen-bond donors (Lipinski definition) is 0. The Morgan fingerprint density at radius 1 is 1.45 bits per heavy atom. The Hall–Kier alpha value is -1.71. The van der Waals surface area contributed by atoms with Gasteiger partial charge in [0.15, 0.2) is 0 Å². The van der Waals surface area contributed by atoms with Crippen LogP contribution in [0.2, 0.25) is 0 Å². The van der Waals surface area contributed by atoms with Gasteiger partial charge >= 0.3 is 0 Å². The second-order valence-electron chi connectivity index (χ2n) is 4.83.